The van der Waals surface area contributed by atoms with Crippen molar-refractivity contribution in [1.29, 1.82) is 0 Å². The fourth-order valence-electron chi connectivity index (χ4n) is 2.15. The first kappa shape index (κ1) is 16.7. The van der Waals surface area contributed by atoms with E-state index in [1.165, 1.54) is 0 Å². The van der Waals surface area contributed by atoms with Gasteiger partial charge in [-0.25, -0.2) is 0 Å². The number of nitrogens with two attached hydrogens (primary N) is 1. The van der Waals surface area contributed by atoms with E-state index in [-0.39, 0.29) is 18.4 Å². The van der Waals surface area contributed by atoms with Crippen LogP contribution in [0.15, 0.2) is 36.4 Å². The molecule has 0 saturated carbocycles. The number of aryl methyl sites for hydroxylation is 3. The molecule has 5 heteroatoms. The van der Waals surface area contributed by atoms with E-state index >= 15 is 0 Å². The summed E-state index contributed by atoms with van der Waals surface area (Å²) in [5, 5.41) is 5.54. The van der Waals surface area contributed by atoms with Crippen molar-refractivity contribution in [2.75, 3.05) is 17.2 Å². The summed E-state index contributed by atoms with van der Waals surface area (Å²) in [5.41, 5.74) is 10.1. The Bertz CT molecular complexity index is 754. The molecule has 0 atom stereocenters. The first-order chi connectivity index (χ1) is 10.9. The van der Waals surface area contributed by atoms with Crippen LogP contribution in [0.25, 0.3) is 0 Å². The van der Waals surface area contributed by atoms with Gasteiger partial charge in [-0.3, -0.25) is 9.59 Å². The van der Waals surface area contributed by atoms with Crippen molar-refractivity contribution in [2.24, 2.45) is 5.73 Å². The van der Waals surface area contributed by atoms with Crippen molar-refractivity contribution < 1.29 is 9.59 Å². The molecule has 0 bridgehead atoms. The monoisotopic (exact) mass is 311 g/mol. The van der Waals surface area contributed by atoms with E-state index in [9.17, 15) is 9.59 Å². The van der Waals surface area contributed by atoms with Gasteiger partial charge in [0.1, 0.15) is 0 Å². The number of carbonyl (C=O) groups is 2. The second-order valence-electron chi connectivity index (χ2n) is 5.55. The molecule has 0 spiro atoms. The minimum atomic E-state index is -0.308. The van der Waals surface area contributed by atoms with E-state index in [1.54, 1.807) is 18.2 Å². The summed E-state index contributed by atoms with van der Waals surface area (Å²) in [7, 11) is 0. The zero-order chi connectivity index (χ0) is 17.0. The first-order valence-corrected chi connectivity index (χ1v) is 7.40. The maximum atomic E-state index is 12.4. The van der Waals surface area contributed by atoms with Gasteiger partial charge >= 0.3 is 0 Å². The number of amides is 2. The molecule has 0 aromatic heterocycles. The van der Waals surface area contributed by atoms with E-state index in [2.05, 4.69) is 10.6 Å². The van der Waals surface area contributed by atoms with Crippen molar-refractivity contribution in [3.63, 3.8) is 0 Å². The molecular weight excluding hydrogens is 290 g/mol. The molecule has 0 aliphatic heterocycles. The molecule has 0 aliphatic rings. The summed E-state index contributed by atoms with van der Waals surface area (Å²) in [4.78, 5) is 24.0. The highest BCUT2D eigenvalue weighted by atomic mass is 16.2. The van der Waals surface area contributed by atoms with Crippen molar-refractivity contribution in [3.8, 4) is 0 Å². The summed E-state index contributed by atoms with van der Waals surface area (Å²) >= 11 is 0. The Morgan fingerprint density at radius 3 is 2.30 bits per heavy atom. The lowest BCUT2D eigenvalue weighted by Crippen LogP contribution is -2.23. The third-order valence-corrected chi connectivity index (χ3v) is 3.65. The second-order valence-corrected chi connectivity index (χ2v) is 5.55. The standard InChI is InChI=1S/C18H21N3O2/c1-11-4-7-15(16(8-11)20-17(22)10-19)21-18(23)14-6-5-12(2)13(3)9-14/h4-9H,10,19H2,1-3H3,(H,20,22)(H,21,23). The predicted molar refractivity (Wildman–Crippen MR) is 92.7 cm³/mol. The van der Waals surface area contributed by atoms with Gasteiger partial charge in [0.15, 0.2) is 0 Å². The van der Waals surface area contributed by atoms with Crippen LogP contribution in [-0.2, 0) is 4.79 Å². The number of rotatable bonds is 4. The van der Waals surface area contributed by atoms with Crippen LogP contribution in [0.3, 0.4) is 0 Å². The third-order valence-electron chi connectivity index (χ3n) is 3.65. The normalized spacial score (nSPS) is 10.3. The number of hydrogen-bond acceptors (Lipinski definition) is 3. The average Bonchev–Trinajstić information content (AvgIpc) is 2.52. The summed E-state index contributed by atoms with van der Waals surface area (Å²) in [6, 6.07) is 11.0. The highest BCUT2D eigenvalue weighted by Gasteiger charge is 2.11. The van der Waals surface area contributed by atoms with Gasteiger partial charge in [0.25, 0.3) is 5.91 Å². The Hall–Kier alpha value is -2.66. The van der Waals surface area contributed by atoms with E-state index in [1.807, 2.05) is 39.0 Å². The van der Waals surface area contributed by atoms with E-state index in [4.69, 9.17) is 5.73 Å². The van der Waals surface area contributed by atoms with Crippen molar-refractivity contribution in [2.45, 2.75) is 20.8 Å². The lowest BCUT2D eigenvalue weighted by atomic mass is 10.1. The molecule has 4 N–H and O–H groups in total. The molecule has 2 rings (SSSR count). The molecule has 2 amide bonds. The molecule has 0 radical (unpaired) electrons. The van der Waals surface area contributed by atoms with E-state index < -0.39 is 0 Å². The Balaban J connectivity index is 2.26. The van der Waals surface area contributed by atoms with Crippen LogP contribution >= 0.6 is 0 Å². The fourth-order valence-corrected chi connectivity index (χ4v) is 2.15. The van der Waals surface area contributed by atoms with Crippen LogP contribution in [0.4, 0.5) is 11.4 Å². The maximum absolute atomic E-state index is 12.4. The molecule has 2 aromatic carbocycles. The van der Waals surface area contributed by atoms with Gasteiger partial charge in [-0.1, -0.05) is 12.1 Å². The third kappa shape index (κ3) is 4.17. The highest BCUT2D eigenvalue weighted by molar-refractivity contribution is 6.07. The van der Waals surface area contributed by atoms with Crippen LogP contribution in [0.1, 0.15) is 27.0 Å². The van der Waals surface area contributed by atoms with Gasteiger partial charge in [0, 0.05) is 5.56 Å². The Morgan fingerprint density at radius 2 is 1.65 bits per heavy atom. The molecule has 5 nitrogen and oxygen atoms in total. The molecule has 120 valence electrons. The van der Waals surface area contributed by atoms with Gasteiger partial charge in [-0.05, 0) is 61.7 Å². The van der Waals surface area contributed by atoms with Gasteiger partial charge in [0.05, 0.1) is 17.9 Å². The smallest absolute Gasteiger partial charge is 0.255 e. The average molecular weight is 311 g/mol. The van der Waals surface area contributed by atoms with Gasteiger partial charge in [0.2, 0.25) is 5.91 Å². The van der Waals surface area contributed by atoms with Crippen LogP contribution in [0.2, 0.25) is 0 Å². The number of carbonyl (C=O) groups excluding carboxylic acids is 2. The van der Waals surface area contributed by atoms with Gasteiger partial charge in [-0.2, -0.15) is 0 Å². The minimum absolute atomic E-state index is 0.113. The zero-order valence-corrected chi connectivity index (χ0v) is 13.6. The number of anilines is 2. The highest BCUT2D eigenvalue weighted by Crippen LogP contribution is 2.24. The minimum Gasteiger partial charge on any atom is -0.323 e. The maximum Gasteiger partial charge on any atom is 0.255 e. The number of nitrogens with one attached hydrogen (secondary N) is 2. The lowest BCUT2D eigenvalue weighted by molar-refractivity contribution is -0.114. The number of hydrogen-bond donors (Lipinski definition) is 3. The predicted octanol–water partition coefficient (Wildman–Crippen LogP) is 2.76. The zero-order valence-electron chi connectivity index (χ0n) is 13.6. The lowest BCUT2D eigenvalue weighted by Gasteiger charge is -2.13. The Kier molecular flexibility index (Phi) is 5.13. The number of benzene rings is 2. The molecule has 2 aromatic rings. The quantitative estimate of drug-likeness (QED) is 0.811. The summed E-state index contributed by atoms with van der Waals surface area (Å²) < 4.78 is 0. The van der Waals surface area contributed by atoms with Crippen molar-refractivity contribution in [3.05, 3.63) is 58.7 Å². The van der Waals surface area contributed by atoms with Crippen molar-refractivity contribution >= 4 is 23.2 Å². The summed E-state index contributed by atoms with van der Waals surface area (Å²) in [6.07, 6.45) is 0. The second kappa shape index (κ2) is 7.07. The SMILES string of the molecule is Cc1ccc(NC(=O)c2ccc(C)c(C)c2)c(NC(=O)CN)c1. The summed E-state index contributed by atoms with van der Waals surface area (Å²) in [5.74, 6) is -0.530. The Morgan fingerprint density at radius 1 is 0.913 bits per heavy atom. The van der Waals surface area contributed by atoms with E-state index in [0.29, 0.717) is 16.9 Å². The molecule has 0 unspecified atom stereocenters. The molecule has 0 aliphatic carbocycles. The van der Waals surface area contributed by atoms with Crippen molar-refractivity contribution in [1.82, 2.24) is 0 Å². The molecule has 23 heavy (non-hydrogen) atoms. The topological polar surface area (TPSA) is 84.2 Å². The molecule has 0 heterocycles. The molecule has 0 fully saturated rings. The van der Waals surface area contributed by atoms with Gasteiger partial charge < -0.3 is 16.4 Å². The van der Waals surface area contributed by atoms with E-state index in [0.717, 1.165) is 16.7 Å². The molecule has 0 saturated heterocycles. The summed E-state index contributed by atoms with van der Waals surface area (Å²) in [6.45, 7) is 5.76. The van der Waals surface area contributed by atoms with Crippen LogP contribution in [0, 0.1) is 20.8 Å². The van der Waals surface area contributed by atoms with Gasteiger partial charge in [-0.15, -0.1) is 0 Å². The molecular formula is C18H21N3O2. The van der Waals surface area contributed by atoms with Crippen LogP contribution in [0.5, 0.6) is 0 Å². The first-order valence-electron chi connectivity index (χ1n) is 7.40. The fraction of sp³-hybridized carbons (Fsp3) is 0.222. The van der Waals surface area contributed by atoms with Crippen LogP contribution in [-0.4, -0.2) is 18.4 Å². The largest absolute Gasteiger partial charge is 0.323 e. The Labute approximate surface area is 135 Å². The van der Waals surface area contributed by atoms with Crippen LogP contribution < -0.4 is 16.4 Å².